The molecular weight excluding hydrogens is 336 g/mol. The van der Waals surface area contributed by atoms with Crippen molar-refractivity contribution >= 4 is 5.69 Å². The molecule has 0 saturated carbocycles. The van der Waals surface area contributed by atoms with Crippen LogP contribution in [0.5, 0.6) is 0 Å². The molecule has 0 atom stereocenters. The Balaban J connectivity index is 1.42. The summed E-state index contributed by atoms with van der Waals surface area (Å²) < 4.78 is 1.88. The molecule has 0 N–H and O–H groups in total. The fourth-order valence-electron chi connectivity index (χ4n) is 3.74. The van der Waals surface area contributed by atoms with Gasteiger partial charge in [0.05, 0.1) is 6.54 Å². The monoisotopic (exact) mass is 362 g/mol. The van der Waals surface area contributed by atoms with Gasteiger partial charge in [0.15, 0.2) is 0 Å². The summed E-state index contributed by atoms with van der Waals surface area (Å²) in [6.45, 7) is 10.4. The summed E-state index contributed by atoms with van der Waals surface area (Å²) in [6.07, 6.45) is 7.10. The van der Waals surface area contributed by atoms with E-state index in [0.29, 0.717) is 0 Å². The van der Waals surface area contributed by atoms with E-state index in [2.05, 4.69) is 63.0 Å². The summed E-state index contributed by atoms with van der Waals surface area (Å²) in [6, 6.07) is 8.84. The number of pyridine rings is 1. The lowest BCUT2D eigenvalue weighted by atomic mass is 9.99. The van der Waals surface area contributed by atoms with Crippen LogP contribution in [-0.4, -0.2) is 50.8 Å². The molecule has 0 radical (unpaired) electrons. The van der Waals surface area contributed by atoms with Crippen LogP contribution in [-0.2, 0) is 13.1 Å². The maximum atomic E-state index is 4.24. The fraction of sp³-hybridized carbons (Fsp3) is 0.381. The van der Waals surface area contributed by atoms with Crippen LogP contribution in [0.2, 0.25) is 0 Å². The first kappa shape index (κ1) is 17.7. The SMILES string of the molecule is Cc1cc(C)c(Cn2cncn2)cc1CN1CCN(c2ccncc2)CC1. The van der Waals surface area contributed by atoms with Crippen molar-refractivity contribution in [3.63, 3.8) is 0 Å². The van der Waals surface area contributed by atoms with E-state index >= 15 is 0 Å². The van der Waals surface area contributed by atoms with Gasteiger partial charge in [0.25, 0.3) is 0 Å². The first-order valence-electron chi connectivity index (χ1n) is 9.48. The molecule has 6 heteroatoms. The molecule has 1 saturated heterocycles. The molecule has 1 fully saturated rings. The summed E-state index contributed by atoms with van der Waals surface area (Å²) in [7, 11) is 0. The Morgan fingerprint density at radius 1 is 0.852 bits per heavy atom. The number of rotatable bonds is 5. The minimum Gasteiger partial charge on any atom is -0.369 e. The van der Waals surface area contributed by atoms with E-state index in [1.165, 1.54) is 27.9 Å². The van der Waals surface area contributed by atoms with E-state index in [-0.39, 0.29) is 0 Å². The largest absolute Gasteiger partial charge is 0.369 e. The summed E-state index contributed by atoms with van der Waals surface area (Å²) >= 11 is 0. The number of anilines is 1. The van der Waals surface area contributed by atoms with Crippen LogP contribution in [0.1, 0.15) is 22.3 Å². The maximum Gasteiger partial charge on any atom is 0.137 e. The van der Waals surface area contributed by atoms with Crippen LogP contribution in [0.3, 0.4) is 0 Å². The third kappa shape index (κ3) is 4.17. The Kier molecular flexibility index (Phi) is 5.16. The molecule has 0 bridgehead atoms. The highest BCUT2D eigenvalue weighted by Crippen LogP contribution is 2.21. The van der Waals surface area contributed by atoms with Crippen LogP contribution in [0.25, 0.3) is 0 Å². The molecule has 0 aliphatic carbocycles. The molecule has 27 heavy (non-hydrogen) atoms. The van der Waals surface area contributed by atoms with Crippen molar-refractivity contribution in [3.05, 3.63) is 71.6 Å². The van der Waals surface area contributed by atoms with Gasteiger partial charge in [0.1, 0.15) is 12.7 Å². The molecular formula is C21H26N6. The maximum absolute atomic E-state index is 4.24. The molecule has 0 unspecified atom stereocenters. The smallest absolute Gasteiger partial charge is 0.137 e. The molecule has 1 aliphatic heterocycles. The number of piperazine rings is 1. The Bertz CT molecular complexity index is 867. The number of benzene rings is 1. The van der Waals surface area contributed by atoms with Gasteiger partial charge in [-0.2, -0.15) is 5.10 Å². The van der Waals surface area contributed by atoms with Gasteiger partial charge in [-0.15, -0.1) is 0 Å². The molecule has 1 aliphatic rings. The van der Waals surface area contributed by atoms with Gasteiger partial charge in [0.2, 0.25) is 0 Å². The zero-order valence-corrected chi connectivity index (χ0v) is 16.0. The lowest BCUT2D eigenvalue weighted by Crippen LogP contribution is -2.46. The third-order valence-corrected chi connectivity index (χ3v) is 5.39. The van der Waals surface area contributed by atoms with Gasteiger partial charge in [-0.1, -0.05) is 12.1 Å². The molecule has 0 spiro atoms. The average molecular weight is 362 g/mol. The standard InChI is InChI=1S/C21H26N6/c1-17-11-18(2)20(14-27-16-23-15-24-27)12-19(17)13-25-7-9-26(10-8-25)21-3-5-22-6-4-21/h3-6,11-12,15-16H,7-10,13-14H2,1-2H3. The number of aromatic nitrogens is 4. The van der Waals surface area contributed by atoms with Crippen molar-refractivity contribution in [1.29, 1.82) is 0 Å². The van der Waals surface area contributed by atoms with E-state index in [1.54, 1.807) is 12.7 Å². The third-order valence-electron chi connectivity index (χ3n) is 5.39. The van der Waals surface area contributed by atoms with E-state index < -0.39 is 0 Å². The second-order valence-corrected chi connectivity index (χ2v) is 7.27. The van der Waals surface area contributed by atoms with Gasteiger partial charge in [-0.3, -0.25) is 9.88 Å². The Morgan fingerprint density at radius 2 is 1.56 bits per heavy atom. The second kappa shape index (κ2) is 7.88. The highest BCUT2D eigenvalue weighted by Gasteiger charge is 2.18. The average Bonchev–Trinajstić information content (AvgIpc) is 3.20. The summed E-state index contributed by atoms with van der Waals surface area (Å²) in [5.74, 6) is 0. The summed E-state index contributed by atoms with van der Waals surface area (Å²) in [4.78, 5) is 13.2. The van der Waals surface area contributed by atoms with E-state index in [9.17, 15) is 0 Å². The molecule has 1 aromatic carbocycles. The predicted octanol–water partition coefficient (Wildman–Crippen LogP) is 2.66. The van der Waals surface area contributed by atoms with Gasteiger partial charge < -0.3 is 4.90 Å². The first-order valence-corrected chi connectivity index (χ1v) is 9.48. The molecule has 140 valence electrons. The van der Waals surface area contributed by atoms with Crippen LogP contribution in [0.4, 0.5) is 5.69 Å². The van der Waals surface area contributed by atoms with Crippen molar-refractivity contribution in [3.8, 4) is 0 Å². The topological polar surface area (TPSA) is 50.1 Å². The molecule has 2 aromatic heterocycles. The van der Waals surface area contributed by atoms with Crippen molar-refractivity contribution in [1.82, 2.24) is 24.6 Å². The van der Waals surface area contributed by atoms with Crippen LogP contribution >= 0.6 is 0 Å². The van der Waals surface area contributed by atoms with Gasteiger partial charge >= 0.3 is 0 Å². The summed E-state index contributed by atoms with van der Waals surface area (Å²) in [5, 5.41) is 4.24. The first-order chi connectivity index (χ1) is 13.2. The van der Waals surface area contributed by atoms with Crippen LogP contribution < -0.4 is 4.90 Å². The molecule has 3 aromatic rings. The van der Waals surface area contributed by atoms with Gasteiger partial charge in [-0.05, 0) is 48.2 Å². The normalized spacial score (nSPS) is 15.3. The zero-order chi connectivity index (χ0) is 18.6. The number of hydrogen-bond acceptors (Lipinski definition) is 5. The molecule has 3 heterocycles. The Hall–Kier alpha value is -2.73. The van der Waals surface area contributed by atoms with E-state index in [0.717, 1.165) is 39.3 Å². The van der Waals surface area contributed by atoms with Crippen molar-refractivity contribution in [2.75, 3.05) is 31.1 Å². The minimum absolute atomic E-state index is 0.773. The van der Waals surface area contributed by atoms with Gasteiger partial charge in [-0.25, -0.2) is 9.67 Å². The molecule has 6 nitrogen and oxygen atoms in total. The second-order valence-electron chi connectivity index (χ2n) is 7.27. The fourth-order valence-corrected chi connectivity index (χ4v) is 3.74. The molecule has 4 rings (SSSR count). The van der Waals surface area contributed by atoms with Crippen LogP contribution in [0, 0.1) is 13.8 Å². The van der Waals surface area contributed by atoms with Crippen molar-refractivity contribution in [2.45, 2.75) is 26.9 Å². The Morgan fingerprint density at radius 3 is 2.22 bits per heavy atom. The van der Waals surface area contributed by atoms with E-state index in [1.807, 2.05) is 17.1 Å². The minimum atomic E-state index is 0.773. The van der Waals surface area contributed by atoms with Crippen molar-refractivity contribution < 1.29 is 0 Å². The van der Waals surface area contributed by atoms with Gasteiger partial charge in [0, 0.05) is 50.8 Å². The lowest BCUT2D eigenvalue weighted by Gasteiger charge is -2.36. The zero-order valence-electron chi connectivity index (χ0n) is 16.0. The summed E-state index contributed by atoms with van der Waals surface area (Å²) in [5.41, 5.74) is 6.68. The van der Waals surface area contributed by atoms with Crippen LogP contribution in [0.15, 0.2) is 49.3 Å². The Labute approximate surface area is 160 Å². The number of nitrogens with zero attached hydrogens (tertiary/aromatic N) is 6. The lowest BCUT2D eigenvalue weighted by molar-refractivity contribution is 0.249. The van der Waals surface area contributed by atoms with E-state index in [4.69, 9.17) is 0 Å². The number of aryl methyl sites for hydroxylation is 2. The quantitative estimate of drug-likeness (QED) is 0.698. The highest BCUT2D eigenvalue weighted by atomic mass is 15.3. The molecule has 0 amide bonds. The highest BCUT2D eigenvalue weighted by molar-refractivity contribution is 5.45. The van der Waals surface area contributed by atoms with Crippen molar-refractivity contribution in [2.24, 2.45) is 0 Å². The predicted molar refractivity (Wildman–Crippen MR) is 107 cm³/mol. The number of hydrogen-bond donors (Lipinski definition) is 0.